The van der Waals surface area contributed by atoms with Crippen LogP contribution in [0.3, 0.4) is 0 Å². The van der Waals surface area contributed by atoms with Gasteiger partial charge in [0.2, 0.25) is 5.95 Å². The van der Waals surface area contributed by atoms with Crippen molar-refractivity contribution in [2.24, 2.45) is 0 Å². The highest BCUT2D eigenvalue weighted by Gasteiger charge is 2.19. The minimum atomic E-state index is -0.630. The van der Waals surface area contributed by atoms with Crippen molar-refractivity contribution in [3.8, 4) is 6.07 Å². The van der Waals surface area contributed by atoms with E-state index in [9.17, 15) is 9.18 Å². The molecular weight excluding hydrogens is 269 g/mol. The Kier molecular flexibility index (Phi) is 3.99. The summed E-state index contributed by atoms with van der Waals surface area (Å²) in [4.78, 5) is 15.4. The molecule has 4 nitrogen and oxygen atoms in total. The minimum Gasteiger partial charge on any atom is -0.322 e. The first kappa shape index (κ1) is 14.7. The molecule has 2 aromatic rings. The van der Waals surface area contributed by atoms with Crippen LogP contribution < -0.4 is 5.32 Å². The van der Waals surface area contributed by atoms with Crippen molar-refractivity contribution in [2.45, 2.75) is 19.3 Å². The number of hydrogen-bond donors (Lipinski definition) is 1. The summed E-state index contributed by atoms with van der Waals surface area (Å²) in [6.07, 6.45) is 1.18. The van der Waals surface area contributed by atoms with Gasteiger partial charge in [0.15, 0.2) is 0 Å². The van der Waals surface area contributed by atoms with Gasteiger partial charge in [0, 0.05) is 11.9 Å². The maximum atomic E-state index is 12.7. The lowest BCUT2D eigenvalue weighted by Crippen LogP contribution is -2.15. The van der Waals surface area contributed by atoms with Crippen LogP contribution in [0.5, 0.6) is 0 Å². The minimum absolute atomic E-state index is 0.276. The van der Waals surface area contributed by atoms with Crippen molar-refractivity contribution in [3.63, 3.8) is 0 Å². The summed E-state index contributed by atoms with van der Waals surface area (Å²) in [5.41, 5.74) is 1.16. The summed E-state index contributed by atoms with van der Waals surface area (Å²) < 4.78 is 12.7. The molecular formula is C16H14FN3O. The van der Waals surface area contributed by atoms with Crippen LogP contribution in [-0.2, 0) is 5.41 Å². The van der Waals surface area contributed by atoms with Crippen LogP contribution in [0.15, 0.2) is 42.6 Å². The monoisotopic (exact) mass is 283 g/mol. The van der Waals surface area contributed by atoms with Crippen molar-refractivity contribution in [3.05, 3.63) is 59.7 Å². The van der Waals surface area contributed by atoms with Crippen LogP contribution in [0.2, 0.25) is 0 Å². The topological polar surface area (TPSA) is 65.8 Å². The van der Waals surface area contributed by atoms with Crippen LogP contribution in [-0.4, -0.2) is 10.9 Å². The van der Waals surface area contributed by atoms with Gasteiger partial charge in [-0.05, 0) is 43.7 Å². The quantitative estimate of drug-likeness (QED) is 0.879. The second-order valence-corrected chi connectivity index (χ2v) is 5.14. The molecule has 21 heavy (non-hydrogen) atoms. The Bertz CT molecular complexity index is 685. The fourth-order valence-electron chi connectivity index (χ4n) is 1.75. The first-order chi connectivity index (χ1) is 9.92. The van der Waals surface area contributed by atoms with Crippen molar-refractivity contribution in [1.82, 2.24) is 4.98 Å². The highest BCUT2D eigenvalue weighted by molar-refractivity contribution is 6.04. The van der Waals surface area contributed by atoms with Gasteiger partial charge >= 0.3 is 0 Å². The maximum absolute atomic E-state index is 12.7. The van der Waals surface area contributed by atoms with E-state index in [1.165, 1.54) is 12.3 Å². The predicted molar refractivity (Wildman–Crippen MR) is 77.2 cm³/mol. The molecule has 0 spiro atoms. The van der Waals surface area contributed by atoms with Gasteiger partial charge in [0.1, 0.15) is 0 Å². The zero-order valence-electron chi connectivity index (χ0n) is 11.7. The molecule has 0 fully saturated rings. The SMILES string of the molecule is CC(C)(C#N)c1ccc(NC(=O)c2ccc(F)nc2)cc1. The molecule has 0 aliphatic carbocycles. The Balaban J connectivity index is 2.12. The van der Waals surface area contributed by atoms with Crippen LogP contribution in [0.1, 0.15) is 29.8 Å². The zero-order chi connectivity index (χ0) is 15.5. The van der Waals surface area contributed by atoms with E-state index in [4.69, 9.17) is 5.26 Å². The van der Waals surface area contributed by atoms with E-state index < -0.39 is 11.4 Å². The number of anilines is 1. The summed E-state index contributed by atoms with van der Waals surface area (Å²) in [6, 6.07) is 11.8. The number of nitrogens with zero attached hydrogens (tertiary/aromatic N) is 2. The lowest BCUT2D eigenvalue weighted by molar-refractivity contribution is 0.102. The predicted octanol–water partition coefficient (Wildman–Crippen LogP) is 3.27. The van der Waals surface area contributed by atoms with Crippen molar-refractivity contribution in [2.75, 3.05) is 5.32 Å². The third-order valence-electron chi connectivity index (χ3n) is 3.13. The Morgan fingerprint density at radius 3 is 2.43 bits per heavy atom. The van der Waals surface area contributed by atoms with Gasteiger partial charge in [-0.2, -0.15) is 9.65 Å². The van der Waals surface area contributed by atoms with Crippen molar-refractivity contribution < 1.29 is 9.18 Å². The summed E-state index contributed by atoms with van der Waals surface area (Å²) in [5.74, 6) is -0.996. The molecule has 1 heterocycles. The average Bonchev–Trinajstić information content (AvgIpc) is 2.48. The molecule has 0 saturated heterocycles. The number of nitrogens with one attached hydrogen (secondary N) is 1. The van der Waals surface area contributed by atoms with Gasteiger partial charge in [-0.25, -0.2) is 4.98 Å². The third-order valence-corrected chi connectivity index (χ3v) is 3.13. The first-order valence-corrected chi connectivity index (χ1v) is 6.37. The Hall–Kier alpha value is -2.74. The fourth-order valence-corrected chi connectivity index (χ4v) is 1.75. The van der Waals surface area contributed by atoms with Gasteiger partial charge < -0.3 is 5.32 Å². The number of pyridine rings is 1. The Morgan fingerprint density at radius 2 is 1.90 bits per heavy atom. The van der Waals surface area contributed by atoms with E-state index in [1.54, 1.807) is 24.3 Å². The number of amides is 1. The molecule has 0 radical (unpaired) electrons. The standard InChI is InChI=1S/C16H14FN3O/c1-16(2,10-18)12-4-6-13(7-5-12)20-15(21)11-3-8-14(17)19-9-11/h3-9H,1-2H3,(H,20,21). The second-order valence-electron chi connectivity index (χ2n) is 5.14. The number of halogens is 1. The van der Waals surface area contributed by atoms with Gasteiger partial charge in [0.25, 0.3) is 5.91 Å². The van der Waals surface area contributed by atoms with Gasteiger partial charge in [-0.15, -0.1) is 0 Å². The molecule has 0 atom stereocenters. The molecule has 0 bridgehead atoms. The zero-order valence-corrected chi connectivity index (χ0v) is 11.7. The van der Waals surface area contributed by atoms with Gasteiger partial charge in [-0.3, -0.25) is 4.79 Å². The molecule has 5 heteroatoms. The van der Waals surface area contributed by atoms with Crippen molar-refractivity contribution in [1.29, 1.82) is 5.26 Å². The molecule has 2 rings (SSSR count). The molecule has 1 aromatic heterocycles. The highest BCUT2D eigenvalue weighted by atomic mass is 19.1. The fraction of sp³-hybridized carbons (Fsp3) is 0.188. The number of nitriles is 1. The molecule has 0 unspecified atom stereocenters. The molecule has 0 aliphatic rings. The van der Waals surface area contributed by atoms with Crippen LogP contribution in [0, 0.1) is 17.3 Å². The van der Waals surface area contributed by atoms with Crippen molar-refractivity contribution >= 4 is 11.6 Å². The maximum Gasteiger partial charge on any atom is 0.257 e. The second kappa shape index (κ2) is 5.71. The van der Waals surface area contributed by atoms with E-state index in [0.29, 0.717) is 5.69 Å². The summed E-state index contributed by atoms with van der Waals surface area (Å²) in [5, 5.41) is 11.8. The third kappa shape index (κ3) is 3.42. The normalized spacial score (nSPS) is 10.8. The molecule has 0 aliphatic heterocycles. The van der Waals surface area contributed by atoms with E-state index in [2.05, 4.69) is 16.4 Å². The number of carbonyl (C=O) groups excluding carboxylic acids is 1. The summed E-state index contributed by atoms with van der Waals surface area (Å²) in [6.45, 7) is 3.65. The lowest BCUT2D eigenvalue weighted by Gasteiger charge is -2.16. The van der Waals surface area contributed by atoms with Crippen LogP contribution >= 0.6 is 0 Å². The van der Waals surface area contributed by atoms with E-state index in [-0.39, 0.29) is 11.5 Å². The smallest absolute Gasteiger partial charge is 0.257 e. The molecule has 0 saturated carbocycles. The number of aromatic nitrogens is 1. The van der Waals surface area contributed by atoms with E-state index in [0.717, 1.165) is 11.6 Å². The lowest BCUT2D eigenvalue weighted by atomic mass is 9.86. The van der Waals surface area contributed by atoms with E-state index >= 15 is 0 Å². The Morgan fingerprint density at radius 1 is 1.24 bits per heavy atom. The molecule has 1 N–H and O–H groups in total. The van der Waals surface area contributed by atoms with Crippen LogP contribution in [0.25, 0.3) is 0 Å². The average molecular weight is 283 g/mol. The molecule has 1 amide bonds. The van der Waals surface area contributed by atoms with Gasteiger partial charge in [0.05, 0.1) is 17.0 Å². The number of benzene rings is 1. The van der Waals surface area contributed by atoms with Crippen LogP contribution in [0.4, 0.5) is 10.1 Å². The highest BCUT2D eigenvalue weighted by Crippen LogP contribution is 2.23. The van der Waals surface area contributed by atoms with E-state index in [1.807, 2.05) is 13.8 Å². The Labute approximate surface area is 122 Å². The largest absolute Gasteiger partial charge is 0.322 e. The summed E-state index contributed by atoms with van der Waals surface area (Å²) in [7, 11) is 0. The molecule has 106 valence electrons. The number of hydrogen-bond acceptors (Lipinski definition) is 3. The number of rotatable bonds is 3. The first-order valence-electron chi connectivity index (χ1n) is 6.37. The molecule has 1 aromatic carbocycles. The number of carbonyl (C=O) groups is 1. The summed E-state index contributed by atoms with van der Waals surface area (Å²) >= 11 is 0. The van der Waals surface area contributed by atoms with Gasteiger partial charge in [-0.1, -0.05) is 12.1 Å².